The van der Waals surface area contributed by atoms with Crippen LogP contribution in [0, 0.1) is 4.64 Å². The van der Waals surface area contributed by atoms with Crippen LogP contribution in [-0.4, -0.2) is 11.0 Å². The van der Waals surface area contributed by atoms with Gasteiger partial charge in [0.15, 0.2) is 0 Å². The summed E-state index contributed by atoms with van der Waals surface area (Å²) in [4.78, 5) is 15.2. The van der Waals surface area contributed by atoms with E-state index in [9.17, 15) is 4.79 Å². The number of rotatable bonds is 2. The number of nitrogens with zero attached hydrogens (tertiary/aromatic N) is 1. The fourth-order valence-electron chi connectivity index (χ4n) is 1.97. The summed E-state index contributed by atoms with van der Waals surface area (Å²) >= 11 is 5.28. The lowest BCUT2D eigenvalue weighted by Crippen LogP contribution is -2.00. The van der Waals surface area contributed by atoms with Gasteiger partial charge in [-0.2, -0.15) is 0 Å². The van der Waals surface area contributed by atoms with Crippen LogP contribution in [0.15, 0.2) is 52.9 Å². The molecular formula is C16H11NO3S. The molecule has 3 rings (SSSR count). The Morgan fingerprint density at radius 2 is 1.86 bits per heavy atom. The Morgan fingerprint density at radius 1 is 1.14 bits per heavy atom. The lowest BCUT2D eigenvalue weighted by molar-refractivity contribution is -0.131. The van der Waals surface area contributed by atoms with Gasteiger partial charge < -0.3 is 9.15 Å². The van der Waals surface area contributed by atoms with Gasteiger partial charge in [-0.15, -0.1) is 0 Å². The number of aromatic nitrogens is 1. The first kappa shape index (κ1) is 13.5. The molecule has 5 heteroatoms. The molecule has 0 radical (unpaired) electrons. The third kappa shape index (κ3) is 2.83. The van der Waals surface area contributed by atoms with Crippen molar-refractivity contribution in [2.45, 2.75) is 6.92 Å². The zero-order valence-corrected chi connectivity index (χ0v) is 12.0. The molecule has 1 heterocycles. The van der Waals surface area contributed by atoms with E-state index >= 15 is 0 Å². The van der Waals surface area contributed by atoms with Crippen LogP contribution >= 0.6 is 12.2 Å². The minimum Gasteiger partial charge on any atom is -0.438 e. The smallest absolute Gasteiger partial charge is 0.308 e. The number of ether oxygens (including phenoxy) is 1. The molecule has 0 saturated carbocycles. The number of para-hydroxylation sites is 1. The molecule has 3 aromatic rings. The van der Waals surface area contributed by atoms with Crippen LogP contribution in [-0.2, 0) is 4.79 Å². The fourth-order valence-corrected chi connectivity index (χ4v) is 2.22. The van der Waals surface area contributed by atoms with Gasteiger partial charge in [0.2, 0.25) is 5.89 Å². The van der Waals surface area contributed by atoms with Gasteiger partial charge >= 0.3 is 5.97 Å². The molecule has 0 spiro atoms. The Hall–Kier alpha value is -2.53. The quantitative estimate of drug-likeness (QED) is 0.404. The second-order valence-electron chi connectivity index (χ2n) is 4.44. The maximum atomic E-state index is 10.9. The predicted octanol–water partition coefficient (Wildman–Crippen LogP) is 4.15. The highest BCUT2D eigenvalue weighted by Crippen LogP contribution is 2.24. The average molecular weight is 297 g/mol. The molecule has 0 bridgehead atoms. The molecule has 0 atom stereocenters. The average Bonchev–Trinajstić information content (AvgIpc) is 2.47. The van der Waals surface area contributed by atoms with Gasteiger partial charge in [-0.1, -0.05) is 24.4 Å². The molecular weight excluding hydrogens is 286 g/mol. The van der Waals surface area contributed by atoms with E-state index in [0.29, 0.717) is 21.9 Å². The van der Waals surface area contributed by atoms with Gasteiger partial charge in [-0.25, -0.2) is 4.98 Å². The molecule has 0 aliphatic rings. The maximum Gasteiger partial charge on any atom is 0.308 e. The number of hydrogen-bond acceptors (Lipinski definition) is 5. The van der Waals surface area contributed by atoms with Crippen molar-refractivity contribution in [1.82, 2.24) is 4.98 Å². The normalized spacial score (nSPS) is 10.5. The number of esters is 1. The van der Waals surface area contributed by atoms with Crippen LogP contribution in [0.25, 0.3) is 22.4 Å². The van der Waals surface area contributed by atoms with Crippen molar-refractivity contribution in [2.75, 3.05) is 0 Å². The van der Waals surface area contributed by atoms with Crippen molar-refractivity contribution in [3.63, 3.8) is 0 Å². The lowest BCUT2D eigenvalue weighted by atomic mass is 10.2. The van der Waals surface area contributed by atoms with Crippen LogP contribution in [0.5, 0.6) is 5.75 Å². The molecule has 0 fully saturated rings. The van der Waals surface area contributed by atoms with Crippen LogP contribution in [0.2, 0.25) is 0 Å². The van der Waals surface area contributed by atoms with Crippen LogP contribution in [0.1, 0.15) is 6.92 Å². The van der Waals surface area contributed by atoms with Crippen LogP contribution < -0.4 is 4.74 Å². The van der Waals surface area contributed by atoms with Crippen molar-refractivity contribution >= 4 is 29.2 Å². The molecule has 1 aromatic heterocycles. The zero-order chi connectivity index (χ0) is 14.8. The third-order valence-electron chi connectivity index (χ3n) is 2.89. The summed E-state index contributed by atoms with van der Waals surface area (Å²) in [5, 5.41) is 0.813. The highest BCUT2D eigenvalue weighted by Gasteiger charge is 2.07. The second-order valence-corrected chi connectivity index (χ2v) is 4.83. The SMILES string of the molecule is CC(=O)Oc1ccc(-c2nc(=S)c3ccccc3o2)cc1. The Kier molecular flexibility index (Phi) is 3.50. The molecule has 21 heavy (non-hydrogen) atoms. The molecule has 0 unspecified atom stereocenters. The minimum absolute atomic E-state index is 0.357. The van der Waals surface area contributed by atoms with Gasteiger partial charge in [0, 0.05) is 12.5 Å². The summed E-state index contributed by atoms with van der Waals surface area (Å²) < 4.78 is 11.2. The van der Waals surface area contributed by atoms with Gasteiger partial charge in [-0.3, -0.25) is 4.79 Å². The summed E-state index contributed by atoms with van der Waals surface area (Å²) in [6, 6.07) is 14.4. The molecule has 0 aliphatic heterocycles. The van der Waals surface area contributed by atoms with Crippen LogP contribution in [0.4, 0.5) is 0 Å². The van der Waals surface area contributed by atoms with Crippen molar-refractivity contribution in [3.8, 4) is 17.2 Å². The molecule has 0 aliphatic carbocycles. The van der Waals surface area contributed by atoms with Gasteiger partial charge in [-0.05, 0) is 36.4 Å². The standard InChI is InChI=1S/C16H11NO3S/c1-10(18)19-12-8-6-11(7-9-12)15-17-16(21)13-4-2-3-5-14(13)20-15/h2-9H,1H3. The van der Waals surface area contributed by atoms with Gasteiger partial charge in [0.05, 0.1) is 5.39 Å². The van der Waals surface area contributed by atoms with E-state index in [1.54, 1.807) is 24.3 Å². The highest BCUT2D eigenvalue weighted by molar-refractivity contribution is 7.71. The maximum absolute atomic E-state index is 10.9. The number of carbonyl (C=O) groups is 1. The van der Waals surface area contributed by atoms with Crippen LogP contribution in [0.3, 0.4) is 0 Å². The van der Waals surface area contributed by atoms with E-state index in [2.05, 4.69) is 4.98 Å². The van der Waals surface area contributed by atoms with E-state index in [1.807, 2.05) is 24.3 Å². The van der Waals surface area contributed by atoms with Crippen molar-refractivity contribution < 1.29 is 13.9 Å². The van der Waals surface area contributed by atoms with E-state index in [4.69, 9.17) is 21.4 Å². The fraction of sp³-hybridized carbons (Fsp3) is 0.0625. The third-order valence-corrected chi connectivity index (χ3v) is 3.20. The molecule has 2 aromatic carbocycles. The van der Waals surface area contributed by atoms with Gasteiger partial charge in [0.25, 0.3) is 0 Å². The first-order valence-corrected chi connectivity index (χ1v) is 6.73. The molecule has 104 valence electrons. The van der Waals surface area contributed by atoms with E-state index in [1.165, 1.54) is 6.92 Å². The largest absolute Gasteiger partial charge is 0.438 e. The Labute approximate surface area is 126 Å². The lowest BCUT2D eigenvalue weighted by Gasteiger charge is -2.04. The molecule has 0 N–H and O–H groups in total. The van der Waals surface area contributed by atoms with Crippen molar-refractivity contribution in [3.05, 3.63) is 53.2 Å². The summed E-state index contributed by atoms with van der Waals surface area (Å²) in [5.41, 5.74) is 1.46. The monoisotopic (exact) mass is 297 g/mol. The Balaban J connectivity index is 2.04. The highest BCUT2D eigenvalue weighted by atomic mass is 32.1. The van der Waals surface area contributed by atoms with E-state index in [-0.39, 0.29) is 5.97 Å². The number of fused-ring (bicyclic) bond motifs is 1. The number of hydrogen-bond donors (Lipinski definition) is 0. The van der Waals surface area contributed by atoms with Gasteiger partial charge in [0.1, 0.15) is 16.0 Å². The first-order chi connectivity index (χ1) is 10.1. The first-order valence-electron chi connectivity index (χ1n) is 6.32. The van der Waals surface area contributed by atoms with Crippen molar-refractivity contribution in [2.24, 2.45) is 0 Å². The number of carbonyl (C=O) groups excluding carboxylic acids is 1. The molecule has 0 saturated heterocycles. The molecule has 0 amide bonds. The zero-order valence-electron chi connectivity index (χ0n) is 11.2. The summed E-state index contributed by atoms with van der Waals surface area (Å²) in [6.07, 6.45) is 0. The minimum atomic E-state index is -0.357. The van der Waals surface area contributed by atoms with Crippen molar-refractivity contribution in [1.29, 1.82) is 0 Å². The summed E-state index contributed by atoms with van der Waals surface area (Å²) in [7, 11) is 0. The predicted molar refractivity (Wildman–Crippen MR) is 81.6 cm³/mol. The number of benzene rings is 2. The van der Waals surface area contributed by atoms with E-state index in [0.717, 1.165) is 10.9 Å². The topological polar surface area (TPSA) is 52.3 Å². The Bertz CT molecular complexity index is 869. The molecule has 4 nitrogen and oxygen atoms in total. The second kappa shape index (κ2) is 5.46. The Morgan fingerprint density at radius 3 is 2.57 bits per heavy atom. The summed E-state index contributed by atoms with van der Waals surface area (Å²) in [6.45, 7) is 1.36. The summed E-state index contributed by atoms with van der Waals surface area (Å²) in [5.74, 6) is 0.558. The van der Waals surface area contributed by atoms with E-state index < -0.39 is 0 Å².